The van der Waals surface area contributed by atoms with Gasteiger partial charge in [-0.05, 0) is 120 Å². The van der Waals surface area contributed by atoms with E-state index in [1.165, 1.54) is 51.3 Å². The number of hydrogen-bond donors (Lipinski definition) is 0. The molecular formula is C54H33BN2O2S2. The maximum Gasteiger partial charge on any atom is 0.260 e. The summed E-state index contributed by atoms with van der Waals surface area (Å²) in [5.41, 5.74) is 10.2. The van der Waals surface area contributed by atoms with E-state index in [-0.39, 0.29) is 6.71 Å². The minimum atomic E-state index is -0.0349. The van der Waals surface area contributed by atoms with E-state index in [9.17, 15) is 0 Å². The predicted molar refractivity (Wildman–Crippen MR) is 259 cm³/mol. The quantitative estimate of drug-likeness (QED) is 0.156. The first kappa shape index (κ1) is 34.5. The third-order valence-corrected chi connectivity index (χ3v) is 14.4. The molecule has 0 atom stereocenters. The van der Waals surface area contributed by atoms with Gasteiger partial charge in [0.2, 0.25) is 0 Å². The van der Waals surface area contributed by atoms with Crippen LogP contribution in [0.5, 0.6) is 23.0 Å². The van der Waals surface area contributed by atoms with E-state index in [1.54, 1.807) is 0 Å². The number of rotatable bonds is 6. The van der Waals surface area contributed by atoms with Crippen molar-refractivity contribution in [1.82, 2.24) is 0 Å². The van der Waals surface area contributed by atoms with Crippen LogP contribution < -0.4 is 35.7 Å². The van der Waals surface area contributed by atoms with Crippen LogP contribution in [0, 0.1) is 0 Å². The van der Waals surface area contributed by atoms with Crippen LogP contribution in [0.3, 0.4) is 0 Å². The van der Waals surface area contributed by atoms with Gasteiger partial charge in [0.05, 0.1) is 0 Å². The summed E-state index contributed by atoms with van der Waals surface area (Å²) in [6, 6.07) is 71.6. The van der Waals surface area contributed by atoms with Gasteiger partial charge in [-0.15, -0.1) is 22.7 Å². The van der Waals surface area contributed by atoms with Gasteiger partial charge in [-0.2, -0.15) is 0 Å². The molecule has 0 fully saturated rings. The maximum atomic E-state index is 6.80. The van der Waals surface area contributed by atoms with Crippen LogP contribution in [0.1, 0.15) is 0 Å². The van der Waals surface area contributed by atoms with Crippen LogP contribution in [0.2, 0.25) is 0 Å². The lowest BCUT2D eigenvalue weighted by molar-refractivity contribution is 0.465. The van der Waals surface area contributed by atoms with Gasteiger partial charge in [0.15, 0.2) is 0 Å². The molecule has 11 aromatic rings. The van der Waals surface area contributed by atoms with Crippen molar-refractivity contribution in [2.45, 2.75) is 0 Å². The molecule has 286 valence electrons. The number of thiophene rings is 2. The summed E-state index contributed by atoms with van der Waals surface area (Å²) >= 11 is 3.69. The molecule has 13 rings (SSSR count). The molecule has 61 heavy (non-hydrogen) atoms. The van der Waals surface area contributed by atoms with Crippen molar-refractivity contribution in [2.24, 2.45) is 0 Å². The molecule has 0 saturated heterocycles. The topological polar surface area (TPSA) is 24.9 Å². The highest BCUT2D eigenvalue weighted by Gasteiger charge is 2.41. The molecule has 0 spiro atoms. The summed E-state index contributed by atoms with van der Waals surface area (Å²) in [6.07, 6.45) is 0. The fourth-order valence-electron chi connectivity index (χ4n) is 9.42. The van der Waals surface area contributed by atoms with Gasteiger partial charge >= 0.3 is 0 Å². The largest absolute Gasteiger partial charge is 0.458 e. The Bertz CT molecular complexity index is 3190. The first-order chi connectivity index (χ1) is 30.2. The van der Waals surface area contributed by atoms with E-state index in [2.05, 4.69) is 204 Å². The number of para-hydroxylation sites is 4. The van der Waals surface area contributed by atoms with Crippen LogP contribution >= 0.6 is 22.7 Å². The molecule has 7 heteroatoms. The van der Waals surface area contributed by atoms with E-state index < -0.39 is 0 Å². The fourth-order valence-corrected chi connectivity index (χ4v) is 11.8. The second-order valence-corrected chi connectivity index (χ2v) is 17.8. The number of anilines is 6. The van der Waals surface area contributed by atoms with Crippen molar-refractivity contribution in [3.05, 3.63) is 200 Å². The summed E-state index contributed by atoms with van der Waals surface area (Å²) < 4.78 is 18.6. The maximum absolute atomic E-state index is 6.80. The van der Waals surface area contributed by atoms with Gasteiger partial charge in [0.25, 0.3) is 6.71 Å². The smallest absolute Gasteiger partial charge is 0.260 e. The lowest BCUT2D eigenvalue weighted by Crippen LogP contribution is -2.57. The summed E-state index contributed by atoms with van der Waals surface area (Å²) in [7, 11) is 0. The Hall–Kier alpha value is -7.32. The molecule has 0 radical (unpaired) electrons. The average Bonchev–Trinajstić information content (AvgIpc) is 3.85. The van der Waals surface area contributed by atoms with Crippen molar-refractivity contribution in [3.8, 4) is 23.0 Å². The van der Waals surface area contributed by atoms with Gasteiger partial charge < -0.3 is 19.3 Å². The van der Waals surface area contributed by atoms with E-state index in [0.717, 1.165) is 62.6 Å². The Kier molecular flexibility index (Phi) is 7.71. The molecule has 0 saturated carbocycles. The molecule has 2 aromatic heterocycles. The van der Waals surface area contributed by atoms with Crippen molar-refractivity contribution < 1.29 is 9.47 Å². The van der Waals surface area contributed by atoms with E-state index in [0.29, 0.717) is 0 Å². The summed E-state index contributed by atoms with van der Waals surface area (Å²) in [5.74, 6) is 3.51. The zero-order valence-corrected chi connectivity index (χ0v) is 34.3. The monoisotopic (exact) mass is 816 g/mol. The first-order valence-corrected chi connectivity index (χ1v) is 22.1. The highest BCUT2D eigenvalue weighted by atomic mass is 32.1. The zero-order valence-electron chi connectivity index (χ0n) is 32.7. The average molecular weight is 817 g/mol. The number of ether oxygens (including phenoxy) is 2. The third kappa shape index (κ3) is 5.51. The fraction of sp³-hybridized carbons (Fsp3) is 0. The summed E-state index contributed by atoms with van der Waals surface area (Å²) in [6.45, 7) is -0.0349. The molecule has 0 aliphatic carbocycles. The Morgan fingerprint density at radius 3 is 1.08 bits per heavy atom. The predicted octanol–water partition coefficient (Wildman–Crippen LogP) is 14.1. The number of nitrogens with zero attached hydrogens (tertiary/aromatic N) is 2. The molecule has 4 nitrogen and oxygen atoms in total. The summed E-state index contributed by atoms with van der Waals surface area (Å²) in [5, 5.41) is 4.87. The van der Waals surface area contributed by atoms with Gasteiger partial charge in [-0.1, -0.05) is 91.0 Å². The van der Waals surface area contributed by atoms with Crippen molar-refractivity contribution in [1.29, 1.82) is 0 Å². The van der Waals surface area contributed by atoms with Gasteiger partial charge in [-0.25, -0.2) is 0 Å². The lowest BCUT2D eigenvalue weighted by atomic mass is 9.35. The van der Waals surface area contributed by atoms with Gasteiger partial charge in [0.1, 0.15) is 23.0 Å². The second-order valence-electron chi connectivity index (χ2n) is 15.7. The Labute approximate surface area is 360 Å². The van der Waals surface area contributed by atoms with Crippen molar-refractivity contribution >= 4 is 120 Å². The van der Waals surface area contributed by atoms with Crippen LogP contribution in [0.25, 0.3) is 40.3 Å². The number of hydrogen-bond acceptors (Lipinski definition) is 6. The highest BCUT2D eigenvalue weighted by Crippen LogP contribution is 2.45. The molecule has 4 heterocycles. The molecule has 0 N–H and O–H groups in total. The molecule has 0 amide bonds. The van der Waals surface area contributed by atoms with Crippen LogP contribution in [0.4, 0.5) is 34.1 Å². The van der Waals surface area contributed by atoms with Crippen molar-refractivity contribution in [2.75, 3.05) is 9.80 Å². The van der Waals surface area contributed by atoms with Crippen LogP contribution in [-0.2, 0) is 0 Å². The highest BCUT2D eigenvalue weighted by molar-refractivity contribution is 7.26. The molecule has 9 aromatic carbocycles. The SMILES string of the molecule is c1ccc(N(c2ccccc2)c2ccc3c(c2)sc2cc4c(cc23)Oc2cccc3c2B4c2cc4sc5cc(N(c6ccccc6)c6ccccc6)ccc5c4cc2O3)cc1. The molecule has 2 aliphatic heterocycles. The first-order valence-electron chi connectivity index (χ1n) is 20.5. The minimum absolute atomic E-state index is 0.0349. The normalized spacial score (nSPS) is 12.5. The van der Waals surface area contributed by atoms with E-state index >= 15 is 0 Å². The molecule has 0 unspecified atom stereocenters. The van der Waals surface area contributed by atoms with E-state index in [1.807, 2.05) is 28.7 Å². The molecule has 2 aliphatic rings. The second kappa shape index (κ2) is 13.6. The third-order valence-electron chi connectivity index (χ3n) is 12.1. The standard InChI is InChI=1S/C54H33BN2O2S2/c1-5-14-34(15-6-1)56(35-16-7-2-8-17-35)38-24-26-40-42-30-48-44(32-52(42)60-50(40)28-38)55-45-33-53-43(31-49(45)59-47-23-13-22-46(58-48)54(47)55)41-27-25-39(29-51(41)61-53)57(36-18-9-3-10-19-36)37-20-11-4-12-21-37/h1-33H. The van der Waals surface area contributed by atoms with Gasteiger partial charge in [-0.3, -0.25) is 0 Å². The van der Waals surface area contributed by atoms with Crippen LogP contribution in [0.15, 0.2) is 200 Å². The van der Waals surface area contributed by atoms with Crippen LogP contribution in [-0.4, -0.2) is 6.71 Å². The Morgan fingerprint density at radius 1 is 0.311 bits per heavy atom. The number of fused-ring (bicyclic) bond motifs is 10. The van der Waals surface area contributed by atoms with E-state index in [4.69, 9.17) is 9.47 Å². The number of benzene rings is 9. The lowest BCUT2D eigenvalue weighted by Gasteiger charge is -2.33. The van der Waals surface area contributed by atoms with Gasteiger partial charge in [0, 0.05) is 79.9 Å². The Balaban J connectivity index is 0.942. The minimum Gasteiger partial charge on any atom is -0.458 e. The molecular weight excluding hydrogens is 784 g/mol. The summed E-state index contributed by atoms with van der Waals surface area (Å²) in [4.78, 5) is 4.65. The Morgan fingerprint density at radius 2 is 0.689 bits per heavy atom. The van der Waals surface area contributed by atoms with Crippen molar-refractivity contribution in [3.63, 3.8) is 0 Å². The zero-order chi connectivity index (χ0) is 40.0. The molecule has 0 bridgehead atoms.